The van der Waals surface area contributed by atoms with Crippen molar-refractivity contribution in [2.24, 2.45) is 27.9 Å². The van der Waals surface area contributed by atoms with Crippen molar-refractivity contribution in [2.45, 2.75) is 50.2 Å². The zero-order valence-corrected chi connectivity index (χ0v) is 19.6. The molecule has 4 amide bonds. The van der Waals surface area contributed by atoms with Crippen molar-refractivity contribution in [2.75, 3.05) is 19.7 Å². The fourth-order valence-corrected chi connectivity index (χ4v) is 3.12. The Morgan fingerprint density at radius 2 is 1.40 bits per heavy atom. The average molecular weight is 493 g/mol. The van der Waals surface area contributed by atoms with Gasteiger partial charge in [0.15, 0.2) is 5.96 Å². The van der Waals surface area contributed by atoms with Crippen molar-refractivity contribution in [3.05, 3.63) is 35.9 Å². The summed E-state index contributed by atoms with van der Waals surface area (Å²) in [6, 6.07) is 5.00. The second-order valence-corrected chi connectivity index (χ2v) is 7.83. The topological polar surface area (TPSA) is 241 Å². The van der Waals surface area contributed by atoms with Crippen molar-refractivity contribution < 1.29 is 24.3 Å². The van der Waals surface area contributed by atoms with E-state index in [2.05, 4.69) is 20.9 Å². The van der Waals surface area contributed by atoms with Crippen molar-refractivity contribution in [1.82, 2.24) is 16.0 Å². The van der Waals surface area contributed by atoms with E-state index in [1.54, 1.807) is 30.3 Å². The quantitative estimate of drug-likeness (QED) is 0.0690. The molecular weight excluding hydrogens is 456 g/mol. The number of aliphatic hydroxyl groups excluding tert-OH is 1. The van der Waals surface area contributed by atoms with Crippen molar-refractivity contribution in [1.29, 1.82) is 0 Å². The van der Waals surface area contributed by atoms with Gasteiger partial charge in [0, 0.05) is 12.1 Å². The van der Waals surface area contributed by atoms with Gasteiger partial charge in [0.2, 0.25) is 17.7 Å². The summed E-state index contributed by atoms with van der Waals surface area (Å²) >= 11 is 0. The van der Waals surface area contributed by atoms with Crippen LogP contribution in [0.15, 0.2) is 35.3 Å². The minimum atomic E-state index is -1.30. The number of amides is 4. The first-order chi connectivity index (χ1) is 16.7. The van der Waals surface area contributed by atoms with E-state index in [0.29, 0.717) is 31.4 Å². The molecule has 0 aliphatic heterocycles. The summed E-state index contributed by atoms with van der Waals surface area (Å²) in [4.78, 5) is 53.8. The third kappa shape index (κ3) is 11.3. The number of guanidine groups is 1. The van der Waals surface area contributed by atoms with Crippen LogP contribution in [-0.4, -0.2) is 72.5 Å². The number of carbonyl (C=O) groups is 4. The van der Waals surface area contributed by atoms with E-state index >= 15 is 0 Å². The maximum Gasteiger partial charge on any atom is 0.251 e. The molecule has 1 rings (SSSR count). The van der Waals surface area contributed by atoms with Crippen LogP contribution in [0.4, 0.5) is 0 Å². The van der Waals surface area contributed by atoms with Crippen LogP contribution in [-0.2, 0) is 14.4 Å². The van der Waals surface area contributed by atoms with E-state index in [-0.39, 0.29) is 25.3 Å². The molecule has 0 heterocycles. The fourth-order valence-electron chi connectivity index (χ4n) is 3.12. The van der Waals surface area contributed by atoms with Crippen LogP contribution >= 0.6 is 0 Å². The van der Waals surface area contributed by atoms with Crippen LogP contribution in [0.25, 0.3) is 0 Å². The molecule has 0 aromatic heterocycles. The number of aliphatic imine (C=N–C) groups is 1. The number of aliphatic hydroxyl groups is 1. The van der Waals surface area contributed by atoms with Crippen molar-refractivity contribution in [3.8, 4) is 0 Å². The Morgan fingerprint density at radius 3 is 1.94 bits per heavy atom. The molecule has 1 aromatic rings. The zero-order chi connectivity index (χ0) is 26.2. The van der Waals surface area contributed by atoms with Crippen molar-refractivity contribution in [3.63, 3.8) is 0 Å². The molecule has 13 heteroatoms. The van der Waals surface area contributed by atoms with Gasteiger partial charge in [-0.05, 0) is 50.8 Å². The van der Waals surface area contributed by atoms with Crippen LogP contribution in [0.2, 0.25) is 0 Å². The fraction of sp³-hybridized carbons (Fsp3) is 0.500. The van der Waals surface area contributed by atoms with E-state index in [0.717, 1.165) is 0 Å². The van der Waals surface area contributed by atoms with Crippen molar-refractivity contribution >= 4 is 29.6 Å². The zero-order valence-electron chi connectivity index (χ0n) is 19.6. The minimum absolute atomic E-state index is 0.0937. The number of carbonyl (C=O) groups excluding carboxylic acids is 4. The van der Waals surface area contributed by atoms with Crippen LogP contribution in [0, 0.1) is 0 Å². The lowest BCUT2D eigenvalue weighted by Crippen LogP contribution is -2.57. The largest absolute Gasteiger partial charge is 0.394 e. The van der Waals surface area contributed by atoms with Gasteiger partial charge in [-0.3, -0.25) is 24.2 Å². The van der Waals surface area contributed by atoms with Gasteiger partial charge in [-0.25, -0.2) is 0 Å². The number of unbranched alkanes of at least 4 members (excludes halogenated alkanes) is 1. The number of primary amides is 1. The standard InChI is InChI=1S/C22H36N8O5/c23-11-5-4-9-15(21(35)30-17(13-31)18(24)32)29-20(34)16(10-6-12-27-22(25)26)28-19(33)14-7-2-1-3-8-14/h1-3,7-8,15-17,31H,4-6,9-13,23H2,(H2,24,32)(H,28,33)(H,29,34)(H,30,35)(H4,25,26,27)/t15-,16-,17-/m0/s1. The minimum Gasteiger partial charge on any atom is -0.394 e. The highest BCUT2D eigenvalue weighted by Gasteiger charge is 2.28. The third-order valence-corrected chi connectivity index (χ3v) is 5.03. The highest BCUT2D eigenvalue weighted by atomic mass is 16.3. The van der Waals surface area contributed by atoms with Gasteiger partial charge in [0.25, 0.3) is 5.91 Å². The molecule has 1 aromatic carbocycles. The SMILES string of the molecule is NCCCC[C@H](NC(=O)[C@H](CCCN=C(N)N)NC(=O)c1ccccc1)C(=O)N[C@@H](CO)C(N)=O. The second kappa shape index (κ2) is 16.0. The Balaban J connectivity index is 3.00. The molecule has 0 spiro atoms. The Morgan fingerprint density at radius 1 is 0.829 bits per heavy atom. The molecule has 0 bridgehead atoms. The van der Waals surface area contributed by atoms with Gasteiger partial charge in [-0.1, -0.05) is 18.2 Å². The third-order valence-electron chi connectivity index (χ3n) is 5.03. The molecule has 3 atom stereocenters. The van der Waals surface area contributed by atoms with Crippen LogP contribution in [0.3, 0.4) is 0 Å². The number of nitrogens with one attached hydrogen (secondary N) is 3. The molecule has 35 heavy (non-hydrogen) atoms. The number of hydrogen-bond acceptors (Lipinski definition) is 7. The summed E-state index contributed by atoms with van der Waals surface area (Å²) in [6.45, 7) is -0.0565. The lowest BCUT2D eigenvalue weighted by molar-refractivity contribution is -0.132. The average Bonchev–Trinajstić information content (AvgIpc) is 2.83. The summed E-state index contributed by atoms with van der Waals surface area (Å²) in [7, 11) is 0. The first-order valence-corrected chi connectivity index (χ1v) is 11.3. The number of rotatable bonds is 16. The first-order valence-electron chi connectivity index (χ1n) is 11.3. The summed E-state index contributed by atoms with van der Waals surface area (Å²) in [5.41, 5.74) is 21.7. The molecule has 12 N–H and O–H groups in total. The Kier molecular flexibility index (Phi) is 13.4. The lowest BCUT2D eigenvalue weighted by atomic mass is 10.1. The smallest absolute Gasteiger partial charge is 0.251 e. The van der Waals surface area contributed by atoms with Gasteiger partial charge in [0.1, 0.15) is 18.1 Å². The Labute approximate surface area is 204 Å². The number of nitrogens with two attached hydrogens (primary N) is 4. The summed E-state index contributed by atoms with van der Waals surface area (Å²) in [6.07, 6.45) is 1.91. The normalized spacial score (nSPS) is 13.1. The first kappa shape index (κ1) is 29.3. The molecule has 0 radical (unpaired) electrons. The molecule has 194 valence electrons. The Bertz CT molecular complexity index is 861. The molecule has 0 fully saturated rings. The van der Waals surface area contributed by atoms with Gasteiger partial charge < -0.3 is 44.0 Å². The Hall–Kier alpha value is -3.71. The highest BCUT2D eigenvalue weighted by Crippen LogP contribution is 2.07. The van der Waals surface area contributed by atoms with Gasteiger partial charge in [0.05, 0.1) is 6.61 Å². The second-order valence-electron chi connectivity index (χ2n) is 7.83. The molecule has 0 unspecified atom stereocenters. The predicted octanol–water partition coefficient (Wildman–Crippen LogP) is -2.59. The molecular formula is C22H36N8O5. The number of benzene rings is 1. The summed E-state index contributed by atoms with van der Waals surface area (Å²) < 4.78 is 0. The molecule has 0 aliphatic carbocycles. The predicted molar refractivity (Wildman–Crippen MR) is 131 cm³/mol. The van der Waals surface area contributed by atoms with Crippen LogP contribution in [0.5, 0.6) is 0 Å². The van der Waals surface area contributed by atoms with E-state index in [4.69, 9.17) is 22.9 Å². The number of hydrogen-bond donors (Lipinski definition) is 8. The molecule has 0 aliphatic rings. The van der Waals surface area contributed by atoms with E-state index in [1.807, 2.05) is 0 Å². The van der Waals surface area contributed by atoms with Crippen LogP contribution < -0.4 is 38.9 Å². The summed E-state index contributed by atoms with van der Waals surface area (Å²) in [5, 5.41) is 16.9. The molecule has 13 nitrogen and oxygen atoms in total. The van der Waals surface area contributed by atoms with E-state index < -0.39 is 48.4 Å². The molecule has 0 saturated heterocycles. The van der Waals surface area contributed by atoms with E-state index in [1.165, 1.54) is 0 Å². The maximum absolute atomic E-state index is 13.1. The highest BCUT2D eigenvalue weighted by molar-refractivity contribution is 5.98. The van der Waals surface area contributed by atoms with Gasteiger partial charge in [-0.2, -0.15) is 0 Å². The van der Waals surface area contributed by atoms with Crippen LogP contribution in [0.1, 0.15) is 42.5 Å². The monoisotopic (exact) mass is 492 g/mol. The molecule has 0 saturated carbocycles. The lowest BCUT2D eigenvalue weighted by Gasteiger charge is -2.24. The number of nitrogens with zero attached hydrogens (tertiary/aromatic N) is 1. The van der Waals surface area contributed by atoms with Gasteiger partial charge >= 0.3 is 0 Å². The maximum atomic E-state index is 13.1. The van der Waals surface area contributed by atoms with Gasteiger partial charge in [-0.15, -0.1) is 0 Å². The van der Waals surface area contributed by atoms with E-state index in [9.17, 15) is 24.3 Å². The summed E-state index contributed by atoms with van der Waals surface area (Å²) in [5.74, 6) is -2.77.